The van der Waals surface area contributed by atoms with Gasteiger partial charge in [-0.1, -0.05) is 12.1 Å². The molecule has 0 saturated heterocycles. The molecule has 0 atom stereocenters. The van der Waals surface area contributed by atoms with Gasteiger partial charge in [0.15, 0.2) is 0 Å². The van der Waals surface area contributed by atoms with E-state index in [2.05, 4.69) is 5.16 Å². The number of nitrogens with zero attached hydrogens (tertiary/aromatic N) is 2. The summed E-state index contributed by atoms with van der Waals surface area (Å²) in [6, 6.07) is 0.267. The van der Waals surface area contributed by atoms with Crippen LogP contribution < -0.4 is 0 Å². The number of aromatic nitrogens is 1. The Morgan fingerprint density at radius 3 is 2.78 bits per heavy atom. The molecule has 2 rings (SSSR count). The minimum absolute atomic E-state index is 0.00593. The second-order valence-corrected chi connectivity index (χ2v) is 4.72. The van der Waals surface area contributed by atoms with Crippen LogP contribution in [-0.2, 0) is 6.42 Å². The molecule has 0 radical (unpaired) electrons. The number of carbonyl (C=O) groups is 1. The highest BCUT2D eigenvalue weighted by Crippen LogP contribution is 2.27. The number of aliphatic hydroxyl groups excluding tert-OH is 1. The average Bonchev–Trinajstić information content (AvgIpc) is 2.66. The van der Waals surface area contributed by atoms with Crippen molar-refractivity contribution in [3.63, 3.8) is 0 Å². The smallest absolute Gasteiger partial charge is 0.259 e. The third-order valence-corrected chi connectivity index (χ3v) is 3.60. The Bertz CT molecular complexity index is 424. The molecule has 0 aliphatic heterocycles. The average molecular weight is 252 g/mol. The molecule has 1 aliphatic rings. The fourth-order valence-corrected chi connectivity index (χ4v) is 2.33. The Hall–Kier alpha value is -1.36. The van der Waals surface area contributed by atoms with Crippen LogP contribution in [-0.4, -0.2) is 40.3 Å². The van der Waals surface area contributed by atoms with Crippen molar-refractivity contribution in [3.05, 3.63) is 17.0 Å². The summed E-state index contributed by atoms with van der Waals surface area (Å²) in [5.74, 6) is 0.517. The Kier molecular flexibility index (Phi) is 4.01. The summed E-state index contributed by atoms with van der Waals surface area (Å²) in [7, 11) is 0. The molecule has 1 saturated carbocycles. The van der Waals surface area contributed by atoms with Crippen LogP contribution in [0.3, 0.4) is 0 Å². The molecule has 18 heavy (non-hydrogen) atoms. The first-order chi connectivity index (χ1) is 8.69. The Morgan fingerprint density at radius 2 is 2.28 bits per heavy atom. The van der Waals surface area contributed by atoms with E-state index in [0.717, 1.165) is 19.3 Å². The molecule has 1 fully saturated rings. The molecule has 1 aromatic heterocycles. The van der Waals surface area contributed by atoms with Gasteiger partial charge in [-0.25, -0.2) is 0 Å². The van der Waals surface area contributed by atoms with E-state index in [4.69, 9.17) is 9.63 Å². The fourth-order valence-electron chi connectivity index (χ4n) is 2.33. The zero-order chi connectivity index (χ0) is 13.1. The Balaban J connectivity index is 2.23. The van der Waals surface area contributed by atoms with Gasteiger partial charge in [0.05, 0.1) is 12.3 Å². The number of amides is 1. The number of aryl methyl sites for hydroxylation is 2. The minimum atomic E-state index is -0.0515. The van der Waals surface area contributed by atoms with Gasteiger partial charge in [0.2, 0.25) is 0 Å². The highest BCUT2D eigenvalue weighted by atomic mass is 16.5. The van der Waals surface area contributed by atoms with E-state index in [1.807, 2.05) is 6.92 Å². The quantitative estimate of drug-likeness (QED) is 0.863. The molecule has 100 valence electrons. The third kappa shape index (κ3) is 2.27. The molecule has 5 heteroatoms. The Labute approximate surface area is 107 Å². The van der Waals surface area contributed by atoms with Gasteiger partial charge < -0.3 is 14.5 Å². The fraction of sp³-hybridized carbons (Fsp3) is 0.692. The van der Waals surface area contributed by atoms with Crippen molar-refractivity contribution >= 4 is 5.91 Å². The van der Waals surface area contributed by atoms with Gasteiger partial charge in [0, 0.05) is 12.6 Å². The molecule has 1 aromatic rings. The summed E-state index contributed by atoms with van der Waals surface area (Å²) >= 11 is 0. The van der Waals surface area contributed by atoms with E-state index < -0.39 is 0 Å². The Morgan fingerprint density at radius 1 is 1.56 bits per heavy atom. The molecule has 1 N–H and O–H groups in total. The molecule has 0 unspecified atom stereocenters. The number of hydrogen-bond acceptors (Lipinski definition) is 4. The topological polar surface area (TPSA) is 66.6 Å². The van der Waals surface area contributed by atoms with E-state index in [9.17, 15) is 4.79 Å². The van der Waals surface area contributed by atoms with Gasteiger partial charge in [-0.05, 0) is 32.6 Å². The van der Waals surface area contributed by atoms with Gasteiger partial charge in [-0.15, -0.1) is 0 Å². The summed E-state index contributed by atoms with van der Waals surface area (Å²) in [6.07, 6.45) is 3.88. The predicted molar refractivity (Wildman–Crippen MR) is 66.4 cm³/mol. The predicted octanol–water partition coefficient (Wildman–Crippen LogP) is 1.53. The van der Waals surface area contributed by atoms with Crippen LogP contribution in [0.25, 0.3) is 0 Å². The second kappa shape index (κ2) is 5.52. The lowest BCUT2D eigenvalue weighted by molar-refractivity contribution is 0.0523. The summed E-state index contributed by atoms with van der Waals surface area (Å²) in [6.45, 7) is 4.09. The zero-order valence-corrected chi connectivity index (χ0v) is 11.0. The van der Waals surface area contributed by atoms with Crippen LogP contribution in [0.5, 0.6) is 0 Å². The maximum absolute atomic E-state index is 12.5. The van der Waals surface area contributed by atoms with E-state index in [0.29, 0.717) is 30.0 Å². The first-order valence-corrected chi connectivity index (χ1v) is 6.56. The standard InChI is InChI=1S/C13H20N2O3/c1-3-11-12(9(2)18-14-11)13(17)15(7-8-16)10-5-4-6-10/h10,16H,3-8H2,1-2H3. The van der Waals surface area contributed by atoms with Gasteiger partial charge in [-0.3, -0.25) is 4.79 Å². The van der Waals surface area contributed by atoms with Crippen molar-refractivity contribution in [2.75, 3.05) is 13.2 Å². The number of rotatable bonds is 5. The van der Waals surface area contributed by atoms with Crippen molar-refractivity contribution in [2.45, 2.75) is 45.6 Å². The monoisotopic (exact) mass is 252 g/mol. The molecule has 1 aliphatic carbocycles. The summed E-state index contributed by atoms with van der Waals surface area (Å²) < 4.78 is 5.11. The first-order valence-electron chi connectivity index (χ1n) is 6.56. The van der Waals surface area contributed by atoms with Crippen molar-refractivity contribution in [3.8, 4) is 0 Å². The molecule has 1 heterocycles. The molecule has 0 spiro atoms. The number of aliphatic hydroxyl groups is 1. The highest BCUT2D eigenvalue weighted by Gasteiger charge is 2.32. The van der Waals surface area contributed by atoms with Gasteiger partial charge in [0.25, 0.3) is 5.91 Å². The lowest BCUT2D eigenvalue weighted by Gasteiger charge is -2.37. The van der Waals surface area contributed by atoms with E-state index in [-0.39, 0.29) is 18.6 Å². The van der Waals surface area contributed by atoms with Crippen LogP contribution in [0.15, 0.2) is 4.52 Å². The van der Waals surface area contributed by atoms with E-state index in [1.54, 1.807) is 11.8 Å². The second-order valence-electron chi connectivity index (χ2n) is 4.72. The van der Waals surface area contributed by atoms with Crippen LogP contribution in [0.1, 0.15) is 48.0 Å². The molecule has 1 amide bonds. The van der Waals surface area contributed by atoms with Crippen molar-refractivity contribution < 1.29 is 14.4 Å². The molecular formula is C13H20N2O3. The van der Waals surface area contributed by atoms with Crippen LogP contribution in [0.2, 0.25) is 0 Å². The third-order valence-electron chi connectivity index (χ3n) is 3.60. The van der Waals surface area contributed by atoms with Crippen molar-refractivity contribution in [1.29, 1.82) is 0 Å². The van der Waals surface area contributed by atoms with Gasteiger partial charge in [0.1, 0.15) is 11.3 Å². The van der Waals surface area contributed by atoms with Crippen molar-refractivity contribution in [1.82, 2.24) is 10.1 Å². The normalized spacial score (nSPS) is 15.5. The number of carbonyl (C=O) groups excluding carboxylic acids is 1. The van der Waals surface area contributed by atoms with Gasteiger partial charge >= 0.3 is 0 Å². The summed E-state index contributed by atoms with van der Waals surface area (Å²) in [4.78, 5) is 14.3. The molecule has 5 nitrogen and oxygen atoms in total. The largest absolute Gasteiger partial charge is 0.395 e. The number of hydrogen-bond donors (Lipinski definition) is 1. The van der Waals surface area contributed by atoms with Gasteiger partial charge in [-0.2, -0.15) is 0 Å². The minimum Gasteiger partial charge on any atom is -0.395 e. The van der Waals surface area contributed by atoms with Crippen molar-refractivity contribution in [2.24, 2.45) is 0 Å². The SMILES string of the molecule is CCc1noc(C)c1C(=O)N(CCO)C1CCC1. The lowest BCUT2D eigenvalue weighted by Crippen LogP contribution is -2.46. The first kappa shape index (κ1) is 13.1. The summed E-state index contributed by atoms with van der Waals surface area (Å²) in [5, 5.41) is 13.0. The van der Waals surface area contributed by atoms with Crippen LogP contribution in [0.4, 0.5) is 0 Å². The maximum atomic E-state index is 12.5. The van der Waals surface area contributed by atoms with Crippen LogP contribution in [0, 0.1) is 6.92 Å². The molecule has 0 bridgehead atoms. The lowest BCUT2D eigenvalue weighted by atomic mass is 9.90. The highest BCUT2D eigenvalue weighted by molar-refractivity contribution is 5.96. The zero-order valence-electron chi connectivity index (χ0n) is 11.0. The summed E-state index contributed by atoms with van der Waals surface area (Å²) in [5.41, 5.74) is 1.29. The molecular weight excluding hydrogens is 232 g/mol. The maximum Gasteiger partial charge on any atom is 0.259 e. The van der Waals surface area contributed by atoms with E-state index >= 15 is 0 Å². The van der Waals surface area contributed by atoms with Crippen LogP contribution >= 0.6 is 0 Å². The molecule has 0 aromatic carbocycles. The van der Waals surface area contributed by atoms with E-state index in [1.165, 1.54) is 0 Å².